The number of quaternary nitrogens is 1. The average Bonchev–Trinajstić information content (AvgIpc) is 2.18. The maximum absolute atomic E-state index is 11.2. The molecule has 86 valence electrons. The maximum Gasteiger partial charge on any atom is 0.358 e. The van der Waals surface area contributed by atoms with Crippen LogP contribution >= 0.6 is 0 Å². The zero-order chi connectivity index (χ0) is 11.0. The summed E-state index contributed by atoms with van der Waals surface area (Å²) in [7, 11) is 0. The van der Waals surface area contributed by atoms with Gasteiger partial charge in [0.2, 0.25) is 0 Å². The molecule has 0 aliphatic rings. The van der Waals surface area contributed by atoms with E-state index < -0.39 is 11.3 Å². The predicted octanol–water partition coefficient (Wildman–Crippen LogP) is 2.56. The van der Waals surface area contributed by atoms with Gasteiger partial charge in [-0.15, -0.1) is 0 Å². The van der Waals surface area contributed by atoms with E-state index in [0.29, 0.717) is 3.89 Å². The minimum absolute atomic E-state index is 0.337. The Kier molecular flexibility index (Phi) is 7.41. The van der Waals surface area contributed by atoms with Crippen molar-refractivity contribution < 1.29 is 12.6 Å². The largest absolute Gasteiger partial charge is 0.358 e. The normalized spacial score (nSPS) is 14.3. The Hall–Kier alpha value is 0.0700. The van der Waals surface area contributed by atoms with Crippen molar-refractivity contribution in [2.75, 3.05) is 19.6 Å². The van der Waals surface area contributed by atoms with Crippen LogP contribution in [0.4, 0.5) is 0 Å². The number of hydrogen-bond donors (Lipinski definition) is 1. The molecule has 1 atom stereocenters. The van der Waals surface area contributed by atoms with Gasteiger partial charge in [-0.3, -0.25) is 4.55 Å². The lowest BCUT2D eigenvalue weighted by Crippen LogP contribution is -2.49. The summed E-state index contributed by atoms with van der Waals surface area (Å²) in [4.78, 5) is 0. The Morgan fingerprint density at radius 1 is 1.07 bits per heavy atom. The van der Waals surface area contributed by atoms with Crippen LogP contribution in [-0.4, -0.2) is 32.3 Å². The summed E-state index contributed by atoms with van der Waals surface area (Å²) in [6.07, 6.45) is 4.67. The SMILES string of the molecule is CCCCCC[N+](CC)(CC)S(=O)O. The highest BCUT2D eigenvalue weighted by molar-refractivity contribution is 7.73. The first kappa shape index (κ1) is 14.1. The second kappa shape index (κ2) is 7.37. The third-order valence-corrected chi connectivity index (χ3v) is 4.26. The van der Waals surface area contributed by atoms with Crippen molar-refractivity contribution in [3.8, 4) is 0 Å². The molecule has 0 amide bonds. The summed E-state index contributed by atoms with van der Waals surface area (Å²) < 4.78 is 20.8. The topological polar surface area (TPSA) is 37.3 Å². The number of unbranched alkanes of at least 4 members (excludes halogenated alkanes) is 3. The number of rotatable bonds is 8. The van der Waals surface area contributed by atoms with Gasteiger partial charge in [0.05, 0.1) is 19.6 Å². The van der Waals surface area contributed by atoms with E-state index in [9.17, 15) is 8.76 Å². The van der Waals surface area contributed by atoms with Crippen molar-refractivity contribution in [2.24, 2.45) is 0 Å². The summed E-state index contributed by atoms with van der Waals surface area (Å²) in [5.74, 6) is 0. The molecule has 0 aliphatic heterocycles. The molecule has 14 heavy (non-hydrogen) atoms. The molecule has 0 saturated carbocycles. The van der Waals surface area contributed by atoms with Crippen LogP contribution in [0.5, 0.6) is 0 Å². The molecule has 1 unspecified atom stereocenters. The Morgan fingerprint density at radius 2 is 1.64 bits per heavy atom. The minimum Gasteiger partial charge on any atom is -0.261 e. The van der Waals surface area contributed by atoms with E-state index in [1.54, 1.807) is 0 Å². The summed E-state index contributed by atoms with van der Waals surface area (Å²) in [5.41, 5.74) is 0. The fourth-order valence-electron chi connectivity index (χ4n) is 1.67. The van der Waals surface area contributed by atoms with Crippen molar-refractivity contribution in [3.63, 3.8) is 0 Å². The van der Waals surface area contributed by atoms with Gasteiger partial charge in [-0.25, -0.2) is 3.89 Å². The van der Waals surface area contributed by atoms with Crippen molar-refractivity contribution in [2.45, 2.75) is 46.5 Å². The highest BCUT2D eigenvalue weighted by Crippen LogP contribution is 2.13. The summed E-state index contributed by atoms with van der Waals surface area (Å²) >= 11 is -1.73. The molecule has 0 aliphatic carbocycles. The molecule has 0 aromatic rings. The first-order valence-electron chi connectivity index (χ1n) is 5.60. The van der Waals surface area contributed by atoms with E-state index in [1.165, 1.54) is 19.3 Å². The molecule has 0 radical (unpaired) electrons. The molecule has 0 spiro atoms. The van der Waals surface area contributed by atoms with Gasteiger partial charge in [-0.2, -0.15) is 4.21 Å². The Bertz CT molecular complexity index is 170. The summed E-state index contributed by atoms with van der Waals surface area (Å²) in [6.45, 7) is 8.45. The fourth-order valence-corrected chi connectivity index (χ4v) is 2.39. The first-order chi connectivity index (χ1) is 6.63. The van der Waals surface area contributed by atoms with E-state index in [-0.39, 0.29) is 0 Å². The van der Waals surface area contributed by atoms with Crippen LogP contribution in [0.15, 0.2) is 0 Å². The highest BCUT2D eigenvalue weighted by atomic mass is 32.2. The summed E-state index contributed by atoms with van der Waals surface area (Å²) in [6, 6.07) is 0. The molecule has 4 heteroatoms. The molecule has 0 fully saturated rings. The zero-order valence-electron chi connectivity index (χ0n) is 9.66. The fraction of sp³-hybridized carbons (Fsp3) is 1.00. The lowest BCUT2D eigenvalue weighted by atomic mass is 10.2. The van der Waals surface area contributed by atoms with Crippen LogP contribution in [0.3, 0.4) is 0 Å². The van der Waals surface area contributed by atoms with Crippen LogP contribution in [0.2, 0.25) is 0 Å². The second-order valence-corrected chi connectivity index (χ2v) is 4.94. The van der Waals surface area contributed by atoms with E-state index >= 15 is 0 Å². The highest BCUT2D eigenvalue weighted by Gasteiger charge is 2.29. The Labute approximate surface area is 90.5 Å². The van der Waals surface area contributed by atoms with Gasteiger partial charge in [0.1, 0.15) is 0 Å². The molecule has 3 nitrogen and oxygen atoms in total. The lowest BCUT2D eigenvalue weighted by Gasteiger charge is -2.30. The molecule has 0 heterocycles. The molecular formula is C10H24NO2S+. The smallest absolute Gasteiger partial charge is 0.261 e. The standard InChI is InChI=1S/C10H23NO2S/c1-4-7-8-9-10-11(5-2,6-3)14(12)13/h4-10H2,1-3H3/p+1. The Balaban J connectivity index is 4.02. The van der Waals surface area contributed by atoms with Crippen molar-refractivity contribution >= 4 is 11.3 Å². The van der Waals surface area contributed by atoms with Gasteiger partial charge < -0.3 is 0 Å². The van der Waals surface area contributed by atoms with E-state index in [4.69, 9.17) is 0 Å². The molecule has 0 rings (SSSR count). The third-order valence-electron chi connectivity index (χ3n) is 2.90. The van der Waals surface area contributed by atoms with Gasteiger partial charge in [-0.05, 0) is 26.7 Å². The number of hydrogen-bond acceptors (Lipinski definition) is 1. The monoisotopic (exact) mass is 222 g/mol. The van der Waals surface area contributed by atoms with Crippen molar-refractivity contribution in [3.05, 3.63) is 0 Å². The van der Waals surface area contributed by atoms with Crippen LogP contribution in [0.1, 0.15) is 46.5 Å². The van der Waals surface area contributed by atoms with Crippen LogP contribution in [0.25, 0.3) is 0 Å². The Morgan fingerprint density at radius 3 is 2.00 bits per heavy atom. The van der Waals surface area contributed by atoms with Gasteiger partial charge in [-0.1, -0.05) is 19.8 Å². The van der Waals surface area contributed by atoms with E-state index in [2.05, 4.69) is 6.92 Å². The molecule has 0 saturated heterocycles. The average molecular weight is 222 g/mol. The molecule has 0 aromatic carbocycles. The predicted molar refractivity (Wildman–Crippen MR) is 61.1 cm³/mol. The van der Waals surface area contributed by atoms with Crippen LogP contribution in [0, 0.1) is 0 Å². The molecular weight excluding hydrogens is 198 g/mol. The lowest BCUT2D eigenvalue weighted by molar-refractivity contribution is -0.802. The summed E-state index contributed by atoms with van der Waals surface area (Å²) in [5, 5.41) is 0. The third kappa shape index (κ3) is 4.07. The van der Waals surface area contributed by atoms with Crippen molar-refractivity contribution in [1.29, 1.82) is 0 Å². The second-order valence-electron chi connectivity index (χ2n) is 3.71. The van der Waals surface area contributed by atoms with Crippen LogP contribution in [-0.2, 0) is 11.3 Å². The molecule has 1 N–H and O–H groups in total. The van der Waals surface area contributed by atoms with Gasteiger partial charge in [0.25, 0.3) is 0 Å². The van der Waals surface area contributed by atoms with Gasteiger partial charge in [0.15, 0.2) is 0 Å². The molecule has 0 aromatic heterocycles. The quantitative estimate of drug-likeness (QED) is 0.389. The van der Waals surface area contributed by atoms with E-state index in [0.717, 1.165) is 26.1 Å². The first-order valence-corrected chi connectivity index (χ1v) is 6.67. The van der Waals surface area contributed by atoms with Gasteiger partial charge in [0, 0.05) is 0 Å². The minimum atomic E-state index is -1.73. The molecule has 0 bridgehead atoms. The van der Waals surface area contributed by atoms with E-state index in [1.807, 2.05) is 13.8 Å². The number of nitrogens with zero attached hydrogens (tertiary/aromatic N) is 1. The van der Waals surface area contributed by atoms with Crippen LogP contribution < -0.4 is 0 Å². The van der Waals surface area contributed by atoms with Crippen molar-refractivity contribution in [1.82, 2.24) is 0 Å². The zero-order valence-corrected chi connectivity index (χ0v) is 10.5. The maximum atomic E-state index is 11.2. The van der Waals surface area contributed by atoms with Gasteiger partial charge >= 0.3 is 11.3 Å².